The van der Waals surface area contributed by atoms with Gasteiger partial charge in [0.15, 0.2) is 0 Å². The molecule has 1 saturated heterocycles. The third-order valence-corrected chi connectivity index (χ3v) is 3.26. The van der Waals surface area contributed by atoms with Crippen LogP contribution in [0.5, 0.6) is 0 Å². The van der Waals surface area contributed by atoms with Gasteiger partial charge in [0.25, 0.3) is 5.91 Å². The molecule has 2 N–H and O–H groups in total. The molecule has 0 spiro atoms. The van der Waals surface area contributed by atoms with Crippen molar-refractivity contribution in [3.8, 4) is 0 Å². The molecule has 1 aliphatic heterocycles. The third-order valence-electron chi connectivity index (χ3n) is 3.26. The molecule has 0 aromatic heterocycles. The highest BCUT2D eigenvalue weighted by atomic mass is 16.5. The van der Waals surface area contributed by atoms with Crippen LogP contribution in [0.25, 0.3) is 0 Å². The first-order valence-corrected chi connectivity index (χ1v) is 6.97. The zero-order chi connectivity index (χ0) is 14.2. The number of hydrogen-bond acceptors (Lipinski definition) is 3. The van der Waals surface area contributed by atoms with Crippen molar-refractivity contribution in [3.63, 3.8) is 0 Å². The lowest BCUT2D eigenvalue weighted by Crippen LogP contribution is -2.37. The van der Waals surface area contributed by atoms with E-state index in [0.29, 0.717) is 12.1 Å². The average molecular weight is 276 g/mol. The summed E-state index contributed by atoms with van der Waals surface area (Å²) in [6.07, 6.45) is 3.28. The van der Waals surface area contributed by atoms with Crippen LogP contribution in [0.3, 0.4) is 0 Å². The maximum Gasteiger partial charge on any atom is 0.251 e. The SMILES string of the molecule is O=C(CNC(=O)c1ccccc1)NCCC1CCCO1. The molecule has 2 rings (SSSR count). The van der Waals surface area contributed by atoms with E-state index < -0.39 is 0 Å². The van der Waals surface area contributed by atoms with E-state index in [2.05, 4.69) is 10.6 Å². The molecule has 1 aliphatic rings. The standard InChI is InChI=1S/C15H20N2O3/c18-14(16-9-8-13-7-4-10-20-13)11-17-15(19)12-5-2-1-3-6-12/h1-3,5-6,13H,4,7-11H2,(H,16,18)(H,17,19). The van der Waals surface area contributed by atoms with E-state index >= 15 is 0 Å². The summed E-state index contributed by atoms with van der Waals surface area (Å²) in [7, 11) is 0. The van der Waals surface area contributed by atoms with Gasteiger partial charge in [-0.05, 0) is 31.4 Å². The molecule has 1 atom stereocenters. The van der Waals surface area contributed by atoms with Gasteiger partial charge in [0.2, 0.25) is 5.91 Å². The van der Waals surface area contributed by atoms with Gasteiger partial charge in [0, 0.05) is 18.7 Å². The number of amides is 2. The van der Waals surface area contributed by atoms with Crippen LogP contribution in [-0.2, 0) is 9.53 Å². The van der Waals surface area contributed by atoms with Crippen molar-refractivity contribution in [2.75, 3.05) is 19.7 Å². The number of benzene rings is 1. The Morgan fingerprint density at radius 2 is 2.00 bits per heavy atom. The molecule has 2 amide bonds. The second-order valence-electron chi connectivity index (χ2n) is 4.82. The fourth-order valence-corrected chi connectivity index (χ4v) is 2.16. The van der Waals surface area contributed by atoms with Crippen molar-refractivity contribution in [1.82, 2.24) is 10.6 Å². The van der Waals surface area contributed by atoms with Crippen molar-refractivity contribution < 1.29 is 14.3 Å². The van der Waals surface area contributed by atoms with Crippen molar-refractivity contribution in [3.05, 3.63) is 35.9 Å². The Morgan fingerprint density at radius 3 is 2.70 bits per heavy atom. The summed E-state index contributed by atoms with van der Waals surface area (Å²) in [5, 5.41) is 5.38. The summed E-state index contributed by atoms with van der Waals surface area (Å²) >= 11 is 0. The number of rotatable bonds is 6. The van der Waals surface area contributed by atoms with Gasteiger partial charge in [0.1, 0.15) is 0 Å². The topological polar surface area (TPSA) is 67.4 Å². The summed E-state index contributed by atoms with van der Waals surface area (Å²) in [4.78, 5) is 23.3. The van der Waals surface area contributed by atoms with Crippen LogP contribution >= 0.6 is 0 Å². The predicted octanol–water partition coefficient (Wildman–Crippen LogP) is 1.10. The summed E-state index contributed by atoms with van der Waals surface area (Å²) < 4.78 is 5.47. The molecule has 1 aromatic carbocycles. The molecule has 0 saturated carbocycles. The molecule has 1 aromatic rings. The van der Waals surface area contributed by atoms with Crippen LogP contribution in [0.1, 0.15) is 29.6 Å². The number of ether oxygens (including phenoxy) is 1. The molecule has 108 valence electrons. The minimum absolute atomic E-state index is 0.000743. The van der Waals surface area contributed by atoms with E-state index in [1.807, 2.05) is 6.07 Å². The Bertz CT molecular complexity index is 442. The highest BCUT2D eigenvalue weighted by molar-refractivity contribution is 5.96. The normalized spacial score (nSPS) is 17.7. The Labute approximate surface area is 118 Å². The van der Waals surface area contributed by atoms with Gasteiger partial charge in [-0.25, -0.2) is 0 Å². The first-order valence-electron chi connectivity index (χ1n) is 6.97. The number of carbonyl (C=O) groups excluding carboxylic acids is 2. The van der Waals surface area contributed by atoms with E-state index in [4.69, 9.17) is 4.74 Å². The average Bonchev–Trinajstić information content (AvgIpc) is 2.99. The fraction of sp³-hybridized carbons (Fsp3) is 0.467. The van der Waals surface area contributed by atoms with E-state index in [9.17, 15) is 9.59 Å². The number of hydrogen-bond donors (Lipinski definition) is 2. The molecule has 0 aliphatic carbocycles. The van der Waals surface area contributed by atoms with E-state index in [1.54, 1.807) is 24.3 Å². The van der Waals surface area contributed by atoms with Crippen molar-refractivity contribution >= 4 is 11.8 Å². The van der Waals surface area contributed by atoms with Crippen LogP contribution in [0.15, 0.2) is 30.3 Å². The molecular weight excluding hydrogens is 256 g/mol. The Balaban J connectivity index is 1.61. The fourth-order valence-electron chi connectivity index (χ4n) is 2.16. The molecule has 20 heavy (non-hydrogen) atoms. The van der Waals surface area contributed by atoms with Gasteiger partial charge < -0.3 is 15.4 Å². The van der Waals surface area contributed by atoms with Crippen LogP contribution < -0.4 is 10.6 Å². The Kier molecular flexibility index (Phi) is 5.55. The number of nitrogens with one attached hydrogen (secondary N) is 2. The van der Waals surface area contributed by atoms with Crippen LogP contribution in [0, 0.1) is 0 Å². The summed E-state index contributed by atoms with van der Waals surface area (Å²) in [6.45, 7) is 1.41. The van der Waals surface area contributed by atoms with Crippen molar-refractivity contribution in [2.24, 2.45) is 0 Å². The van der Waals surface area contributed by atoms with Gasteiger partial charge in [0.05, 0.1) is 12.6 Å². The Hall–Kier alpha value is -1.88. The highest BCUT2D eigenvalue weighted by Gasteiger charge is 2.15. The minimum atomic E-state index is -0.236. The second-order valence-corrected chi connectivity index (χ2v) is 4.82. The van der Waals surface area contributed by atoms with Gasteiger partial charge in [-0.15, -0.1) is 0 Å². The van der Waals surface area contributed by atoms with Crippen molar-refractivity contribution in [2.45, 2.75) is 25.4 Å². The summed E-state index contributed by atoms with van der Waals surface area (Å²) in [5.41, 5.74) is 0.555. The van der Waals surface area contributed by atoms with E-state index in [1.165, 1.54) is 0 Å². The molecule has 1 fully saturated rings. The van der Waals surface area contributed by atoms with Gasteiger partial charge in [-0.1, -0.05) is 18.2 Å². The highest BCUT2D eigenvalue weighted by Crippen LogP contribution is 2.14. The summed E-state index contributed by atoms with van der Waals surface area (Å²) in [5.74, 6) is -0.410. The first kappa shape index (κ1) is 14.5. The largest absolute Gasteiger partial charge is 0.378 e. The van der Waals surface area contributed by atoms with E-state index in [-0.39, 0.29) is 24.5 Å². The predicted molar refractivity (Wildman–Crippen MR) is 75.4 cm³/mol. The van der Waals surface area contributed by atoms with Crippen LogP contribution in [-0.4, -0.2) is 37.6 Å². The second kappa shape index (κ2) is 7.65. The van der Waals surface area contributed by atoms with Crippen LogP contribution in [0.4, 0.5) is 0 Å². The summed E-state index contributed by atoms with van der Waals surface area (Å²) in [6, 6.07) is 8.84. The number of carbonyl (C=O) groups is 2. The monoisotopic (exact) mass is 276 g/mol. The van der Waals surface area contributed by atoms with E-state index in [0.717, 1.165) is 25.9 Å². The van der Waals surface area contributed by atoms with Gasteiger partial charge >= 0.3 is 0 Å². The molecular formula is C15H20N2O3. The molecule has 5 nitrogen and oxygen atoms in total. The Morgan fingerprint density at radius 1 is 1.20 bits per heavy atom. The molecule has 0 bridgehead atoms. The molecule has 0 radical (unpaired) electrons. The smallest absolute Gasteiger partial charge is 0.251 e. The lowest BCUT2D eigenvalue weighted by atomic mass is 10.2. The minimum Gasteiger partial charge on any atom is -0.378 e. The molecule has 1 heterocycles. The molecule has 1 unspecified atom stereocenters. The zero-order valence-corrected chi connectivity index (χ0v) is 11.4. The molecule has 5 heteroatoms. The lowest BCUT2D eigenvalue weighted by Gasteiger charge is -2.10. The van der Waals surface area contributed by atoms with Crippen LogP contribution in [0.2, 0.25) is 0 Å². The lowest BCUT2D eigenvalue weighted by molar-refractivity contribution is -0.120. The van der Waals surface area contributed by atoms with Gasteiger partial charge in [-0.3, -0.25) is 9.59 Å². The zero-order valence-electron chi connectivity index (χ0n) is 11.4. The van der Waals surface area contributed by atoms with Crippen molar-refractivity contribution in [1.29, 1.82) is 0 Å². The maximum absolute atomic E-state index is 11.7. The quantitative estimate of drug-likeness (QED) is 0.817. The third kappa shape index (κ3) is 4.66. The maximum atomic E-state index is 11.7. The van der Waals surface area contributed by atoms with Gasteiger partial charge in [-0.2, -0.15) is 0 Å². The first-order chi connectivity index (χ1) is 9.75.